The van der Waals surface area contributed by atoms with Crippen molar-refractivity contribution in [2.45, 2.75) is 37.6 Å². The van der Waals surface area contributed by atoms with Crippen LogP contribution in [-0.4, -0.2) is 15.5 Å². The van der Waals surface area contributed by atoms with Gasteiger partial charge in [0, 0.05) is 17.2 Å². The van der Waals surface area contributed by atoms with Crippen molar-refractivity contribution in [1.82, 2.24) is 9.97 Å². The summed E-state index contributed by atoms with van der Waals surface area (Å²) in [6.07, 6.45) is 6.64. The second-order valence-corrected chi connectivity index (χ2v) is 8.71. The summed E-state index contributed by atoms with van der Waals surface area (Å²) in [5.74, 6) is 3.58. The molecule has 4 fully saturated rings. The second-order valence-electron chi connectivity index (χ2n) is 7.92. The first kappa shape index (κ1) is 15.7. The fourth-order valence-electron chi connectivity index (χ4n) is 5.62. The number of anilines is 2. The molecule has 1 heterocycles. The average Bonchev–Trinajstić information content (AvgIpc) is 2.93. The third-order valence-electron chi connectivity index (χ3n) is 6.34. The molecule has 0 amide bonds. The van der Waals surface area contributed by atoms with E-state index in [2.05, 4.69) is 15.3 Å². The van der Waals surface area contributed by atoms with Gasteiger partial charge in [0.2, 0.25) is 5.95 Å². The Morgan fingerprint density at radius 1 is 1.08 bits per heavy atom. The largest absolute Gasteiger partial charge is 0.368 e. The van der Waals surface area contributed by atoms with Crippen LogP contribution in [0, 0.1) is 17.8 Å². The lowest BCUT2D eigenvalue weighted by Crippen LogP contribution is -2.39. The van der Waals surface area contributed by atoms with E-state index in [0.29, 0.717) is 15.7 Å². The molecule has 0 saturated heterocycles. The van der Waals surface area contributed by atoms with Gasteiger partial charge in [0.05, 0.1) is 15.7 Å². The van der Waals surface area contributed by atoms with Crippen LogP contribution in [0.4, 0.5) is 11.8 Å². The van der Waals surface area contributed by atoms with Gasteiger partial charge in [0.15, 0.2) is 0 Å². The lowest BCUT2D eigenvalue weighted by molar-refractivity contribution is 0.274. The first-order chi connectivity index (χ1) is 12.0. The molecule has 1 aromatic carbocycles. The van der Waals surface area contributed by atoms with Gasteiger partial charge in [-0.2, -0.15) is 4.98 Å². The van der Waals surface area contributed by atoms with E-state index >= 15 is 0 Å². The normalized spacial score (nSPS) is 32.3. The minimum Gasteiger partial charge on any atom is -0.368 e. The van der Waals surface area contributed by atoms with E-state index in [0.717, 1.165) is 29.1 Å². The second kappa shape index (κ2) is 5.49. The molecule has 0 aliphatic heterocycles. The van der Waals surface area contributed by atoms with Crippen LogP contribution in [0.15, 0.2) is 24.3 Å². The van der Waals surface area contributed by atoms with Gasteiger partial charge in [-0.25, -0.2) is 4.98 Å². The van der Waals surface area contributed by atoms with Gasteiger partial charge in [-0.1, -0.05) is 35.3 Å². The minimum atomic E-state index is 0.198. The molecule has 3 N–H and O–H groups in total. The molecule has 1 aromatic heterocycles. The molecule has 2 atom stereocenters. The predicted molar refractivity (Wildman–Crippen MR) is 102 cm³/mol. The van der Waals surface area contributed by atoms with Gasteiger partial charge in [0.1, 0.15) is 5.82 Å². The summed E-state index contributed by atoms with van der Waals surface area (Å²) in [5, 5.41) is 4.76. The summed E-state index contributed by atoms with van der Waals surface area (Å²) in [5.41, 5.74) is 7.67. The van der Waals surface area contributed by atoms with Crippen LogP contribution in [0.5, 0.6) is 0 Å². The Hall–Kier alpha value is -1.52. The first-order valence-corrected chi connectivity index (χ1v) is 9.65. The highest BCUT2D eigenvalue weighted by Gasteiger charge is 2.57. The lowest BCUT2D eigenvalue weighted by atomic mass is 9.80. The zero-order chi connectivity index (χ0) is 17.2. The van der Waals surface area contributed by atoms with Crippen LogP contribution >= 0.6 is 23.2 Å². The number of hydrogen-bond acceptors (Lipinski definition) is 4. The van der Waals surface area contributed by atoms with Crippen molar-refractivity contribution in [3.05, 3.63) is 34.3 Å². The van der Waals surface area contributed by atoms with Crippen LogP contribution in [0.3, 0.4) is 0 Å². The molecule has 4 aliphatic rings. The molecular formula is C19H20Cl2N4. The van der Waals surface area contributed by atoms with E-state index in [1.165, 1.54) is 32.1 Å². The highest BCUT2D eigenvalue weighted by Crippen LogP contribution is 2.61. The maximum Gasteiger partial charge on any atom is 0.222 e. The molecule has 0 spiro atoms. The van der Waals surface area contributed by atoms with Crippen molar-refractivity contribution in [3.63, 3.8) is 0 Å². The lowest BCUT2D eigenvalue weighted by Gasteiger charge is -2.34. The van der Waals surface area contributed by atoms with E-state index in [9.17, 15) is 0 Å². The zero-order valence-electron chi connectivity index (χ0n) is 13.8. The summed E-state index contributed by atoms with van der Waals surface area (Å²) in [7, 11) is 0. The summed E-state index contributed by atoms with van der Waals surface area (Å²) in [6.45, 7) is 0. The fourth-order valence-corrected chi connectivity index (χ4v) is 6.02. The Bertz CT molecular complexity index is 839. The molecule has 6 rings (SSSR count). The van der Waals surface area contributed by atoms with Gasteiger partial charge >= 0.3 is 0 Å². The number of rotatable bonds is 3. The van der Waals surface area contributed by atoms with Crippen molar-refractivity contribution >= 4 is 35.0 Å². The number of nitrogens with zero attached hydrogens (tertiary/aromatic N) is 2. The fraction of sp³-hybridized carbons (Fsp3) is 0.474. The van der Waals surface area contributed by atoms with Gasteiger partial charge < -0.3 is 11.1 Å². The monoisotopic (exact) mass is 374 g/mol. The highest BCUT2D eigenvalue weighted by molar-refractivity contribution is 6.43. The molecule has 6 heteroatoms. The third-order valence-corrected chi connectivity index (χ3v) is 7.16. The number of nitrogens with two attached hydrogens (primary N) is 1. The Morgan fingerprint density at radius 2 is 1.84 bits per heavy atom. The molecule has 4 nitrogen and oxygen atoms in total. The smallest absolute Gasteiger partial charge is 0.222 e. The number of halogens is 2. The topological polar surface area (TPSA) is 63.8 Å². The first-order valence-electron chi connectivity index (χ1n) is 8.89. The Balaban J connectivity index is 1.51. The molecule has 2 aromatic rings. The van der Waals surface area contributed by atoms with Gasteiger partial charge in [0.25, 0.3) is 0 Å². The number of nitrogen functional groups attached to an aromatic ring is 1. The number of hydrogen-bond donors (Lipinski definition) is 2. The van der Waals surface area contributed by atoms with Crippen LogP contribution in [0.2, 0.25) is 10.0 Å². The van der Waals surface area contributed by atoms with E-state index in [1.807, 2.05) is 18.2 Å². The number of aromatic nitrogens is 2. The third kappa shape index (κ3) is 2.49. The van der Waals surface area contributed by atoms with Gasteiger partial charge in [-0.15, -0.1) is 0 Å². The van der Waals surface area contributed by atoms with Crippen molar-refractivity contribution in [2.75, 3.05) is 11.1 Å². The van der Waals surface area contributed by atoms with Crippen molar-refractivity contribution < 1.29 is 0 Å². The van der Waals surface area contributed by atoms with Crippen molar-refractivity contribution in [1.29, 1.82) is 0 Å². The Morgan fingerprint density at radius 3 is 2.60 bits per heavy atom. The number of nitrogens with one attached hydrogen (secondary N) is 1. The molecular weight excluding hydrogens is 355 g/mol. The van der Waals surface area contributed by atoms with Gasteiger partial charge in [-0.3, -0.25) is 0 Å². The SMILES string of the molecule is Nc1nc(NC23CC4CC(CC2C4)C3)cc(-c2cccc(Cl)c2Cl)n1. The molecule has 25 heavy (non-hydrogen) atoms. The minimum absolute atomic E-state index is 0.198. The summed E-state index contributed by atoms with van der Waals surface area (Å²) >= 11 is 12.5. The summed E-state index contributed by atoms with van der Waals surface area (Å²) < 4.78 is 0. The predicted octanol–water partition coefficient (Wildman–Crippen LogP) is 5.02. The van der Waals surface area contributed by atoms with Crippen molar-refractivity contribution in [3.8, 4) is 11.3 Å². The standard InChI is InChI=1S/C19H20Cl2N4/c20-14-3-1-2-13(17(14)21)15-7-16(24-18(22)23-15)25-19-8-10-4-11(9-19)6-12(19)5-10/h1-3,7,10-12H,4-6,8-9H2,(H3,22,23,24,25). The van der Waals surface area contributed by atoms with E-state index < -0.39 is 0 Å². The molecule has 4 aliphatic carbocycles. The maximum atomic E-state index is 6.36. The molecule has 0 radical (unpaired) electrons. The average molecular weight is 375 g/mol. The Labute approximate surface area is 157 Å². The molecule has 4 saturated carbocycles. The maximum absolute atomic E-state index is 6.36. The van der Waals surface area contributed by atoms with Crippen LogP contribution in [0.25, 0.3) is 11.3 Å². The van der Waals surface area contributed by atoms with E-state index in [4.69, 9.17) is 28.9 Å². The van der Waals surface area contributed by atoms with E-state index in [1.54, 1.807) is 6.07 Å². The summed E-state index contributed by atoms with van der Waals surface area (Å²) in [4.78, 5) is 8.82. The molecule has 4 bridgehead atoms. The summed E-state index contributed by atoms with van der Waals surface area (Å²) in [6, 6.07) is 7.48. The van der Waals surface area contributed by atoms with E-state index in [-0.39, 0.29) is 11.5 Å². The van der Waals surface area contributed by atoms with Crippen LogP contribution < -0.4 is 11.1 Å². The quantitative estimate of drug-likeness (QED) is 0.790. The number of benzene rings is 1. The molecule has 2 unspecified atom stereocenters. The van der Waals surface area contributed by atoms with Crippen LogP contribution in [-0.2, 0) is 0 Å². The van der Waals surface area contributed by atoms with Crippen LogP contribution in [0.1, 0.15) is 32.1 Å². The van der Waals surface area contributed by atoms with Crippen molar-refractivity contribution in [2.24, 2.45) is 17.8 Å². The Kier molecular flexibility index (Phi) is 3.45. The molecule has 130 valence electrons. The highest BCUT2D eigenvalue weighted by atomic mass is 35.5. The zero-order valence-corrected chi connectivity index (χ0v) is 15.3. The van der Waals surface area contributed by atoms with Gasteiger partial charge in [-0.05, 0) is 55.9 Å².